The number of aromatic nitrogens is 19. The van der Waals surface area contributed by atoms with Crippen LogP contribution in [0.1, 0.15) is 87.8 Å². The lowest BCUT2D eigenvalue weighted by Crippen LogP contribution is -2.25. The van der Waals surface area contributed by atoms with Crippen LogP contribution in [0.5, 0.6) is 0 Å². The van der Waals surface area contributed by atoms with Crippen LogP contribution in [-0.2, 0) is 21.1 Å². The molecular weight excluding hydrogens is 1660 g/mol. The number of hydrogen-bond acceptors (Lipinski definition) is 19. The maximum Gasteiger partial charge on any atom is 0.264 e. The van der Waals surface area contributed by atoms with Crippen molar-refractivity contribution in [3.63, 3.8) is 0 Å². The summed E-state index contributed by atoms with van der Waals surface area (Å²) >= 11 is 25.4. The van der Waals surface area contributed by atoms with Crippen molar-refractivity contribution in [1.29, 1.82) is 0 Å². The second-order valence-corrected chi connectivity index (χ2v) is 31.0. The zero-order valence-electron chi connectivity index (χ0n) is 68.1. The molecule has 0 unspecified atom stereocenters. The third-order valence-electron chi connectivity index (χ3n) is 21.0. The molecule has 0 aliphatic rings. The molecule has 0 saturated heterocycles. The summed E-state index contributed by atoms with van der Waals surface area (Å²) in [6.07, 6.45) is 13.1. The van der Waals surface area contributed by atoms with E-state index in [0.717, 1.165) is 106 Å². The minimum atomic E-state index is -0.263. The summed E-state index contributed by atoms with van der Waals surface area (Å²) in [7, 11) is 5.69. The lowest BCUT2D eigenvalue weighted by Gasteiger charge is -2.21. The van der Waals surface area contributed by atoms with Crippen LogP contribution in [0.15, 0.2) is 294 Å². The third kappa shape index (κ3) is 17.3. The molecule has 0 spiro atoms. The van der Waals surface area contributed by atoms with Crippen LogP contribution in [0.4, 0.5) is 17.5 Å². The van der Waals surface area contributed by atoms with Crippen molar-refractivity contribution in [2.75, 3.05) is 16.0 Å². The zero-order chi connectivity index (χ0) is 86.6. The van der Waals surface area contributed by atoms with E-state index in [4.69, 9.17) is 52.1 Å². The van der Waals surface area contributed by atoms with Crippen molar-refractivity contribution in [1.82, 2.24) is 91.8 Å². The monoisotopic (exact) mass is 1740 g/mol. The highest BCUT2D eigenvalue weighted by atomic mass is 35.5. The molecule has 4 atom stereocenters. The Morgan fingerprint density at radius 3 is 0.984 bits per heavy atom. The van der Waals surface area contributed by atoms with Crippen LogP contribution < -0.4 is 43.9 Å². The van der Waals surface area contributed by atoms with Crippen LogP contribution in [0.2, 0.25) is 20.1 Å². The Morgan fingerprint density at radius 1 is 0.344 bits per heavy atom. The minimum Gasteiger partial charge on any atom is -0.360 e. The van der Waals surface area contributed by atoms with E-state index in [0.29, 0.717) is 70.1 Å². The molecule has 20 aromatic rings. The fourth-order valence-corrected chi connectivity index (χ4v) is 16.0. The number of hydrogen-bond donors (Lipinski definition) is 5. The Morgan fingerprint density at radius 2 is 0.648 bits per heavy atom. The highest BCUT2D eigenvalue weighted by molar-refractivity contribution is 6.37. The maximum absolute atomic E-state index is 13.6. The normalized spacial score (nSPS) is 12.1. The number of nitrogens with zero attached hydrogens (tertiary/aromatic N) is 18. The first-order valence-electron chi connectivity index (χ1n) is 39.3. The number of nitrogens with one attached hydrogen (secondary N) is 4. The number of rotatable bonds is 14. The first kappa shape index (κ1) is 85.4. The zero-order valence-corrected chi connectivity index (χ0v) is 71.1. The highest BCUT2D eigenvalue weighted by Crippen LogP contribution is 2.34. The summed E-state index contributed by atoms with van der Waals surface area (Å²) in [6, 6.07) is 68.8. The van der Waals surface area contributed by atoms with Crippen molar-refractivity contribution in [3.8, 4) is 22.7 Å². The summed E-state index contributed by atoms with van der Waals surface area (Å²) in [5.41, 5.74) is 18.8. The van der Waals surface area contributed by atoms with Crippen molar-refractivity contribution in [2.45, 2.75) is 66.2 Å². The smallest absolute Gasteiger partial charge is 0.264 e. The number of H-pyrrole nitrogens is 1. The van der Waals surface area contributed by atoms with Gasteiger partial charge in [-0.05, 0) is 159 Å². The fourth-order valence-electron chi connectivity index (χ4n) is 15.0. The fraction of sp³-hybridized carbons (Fsp3) is 0.138. The summed E-state index contributed by atoms with van der Waals surface area (Å²) in [5, 5.41) is 17.2. The number of aryl methyl sites for hydroxylation is 4. The average molecular weight is 1740 g/mol. The Kier molecular flexibility index (Phi) is 25.3. The van der Waals surface area contributed by atoms with Crippen LogP contribution in [0, 0.1) is 6.92 Å². The molecule has 626 valence electrons. The van der Waals surface area contributed by atoms with Crippen molar-refractivity contribution < 1.29 is 0 Å². The maximum atomic E-state index is 13.6. The number of pyridine rings is 5. The van der Waals surface area contributed by atoms with Crippen LogP contribution >= 0.6 is 46.4 Å². The summed E-state index contributed by atoms with van der Waals surface area (Å²) in [5.74, 6) is 1.87. The molecule has 0 aliphatic carbocycles. The Bertz CT molecular complexity index is 7400. The lowest BCUT2D eigenvalue weighted by atomic mass is 10.1. The molecule has 20 rings (SSSR count). The molecule has 6 N–H and O–H groups in total. The molecule has 27 nitrogen and oxygen atoms in total. The van der Waals surface area contributed by atoms with Gasteiger partial charge in [-0.2, -0.15) is 0 Å². The van der Waals surface area contributed by atoms with Gasteiger partial charge < -0.3 is 40.4 Å². The van der Waals surface area contributed by atoms with E-state index in [1.165, 1.54) is 12.7 Å². The first-order valence-corrected chi connectivity index (χ1v) is 40.9. The molecule has 0 aliphatic heterocycles. The second-order valence-electron chi connectivity index (χ2n) is 29.3. The quantitative estimate of drug-likeness (QED) is 0.0675. The SMILES string of the molecule is C.C[C@H](N)c1cc2cccc(Cl)c2c(=O)n1-c1ccccc1.C[C@H](Nc1nccc2[nH]cnc12)c1cc2cccc(Cl)c2c(=O)n1-c1ccccc1.C[C@H](Nc1ncnc2c1ncn2C)c1cc2cccc(Cl)c2c(=O)n1-c1ccccc1.C[C@H](Nc1ncnc2c1ncn2C)c1cc2cccc(Cl)c2c(=O)n1-c1ccccc1.Cc1ncnc2c1ncn2C. The molecule has 31 heteroatoms. The summed E-state index contributed by atoms with van der Waals surface area (Å²) in [6.45, 7) is 9.77. The third-order valence-corrected chi connectivity index (χ3v) is 22.3. The molecule has 12 aromatic heterocycles. The van der Waals surface area contributed by atoms with E-state index in [1.807, 2.05) is 270 Å². The molecule has 12 heterocycles. The Balaban J connectivity index is 0.000000124. The number of fused-ring (bicyclic) bond motifs is 8. The van der Waals surface area contributed by atoms with Gasteiger partial charge in [0.2, 0.25) is 0 Å². The van der Waals surface area contributed by atoms with E-state index in [-0.39, 0.29) is 53.8 Å². The molecule has 0 amide bonds. The van der Waals surface area contributed by atoms with Gasteiger partial charge in [0.1, 0.15) is 41.0 Å². The molecular formula is C94H83Cl4N23O4. The van der Waals surface area contributed by atoms with Gasteiger partial charge in [-0.15, -0.1) is 0 Å². The van der Waals surface area contributed by atoms with Gasteiger partial charge in [-0.25, -0.2) is 54.8 Å². The average Bonchev–Trinajstić information content (AvgIpc) is 1.53. The molecule has 0 radical (unpaired) electrons. The first-order chi connectivity index (χ1) is 60.1. The Labute approximate surface area is 735 Å². The van der Waals surface area contributed by atoms with Gasteiger partial charge >= 0.3 is 0 Å². The van der Waals surface area contributed by atoms with E-state index >= 15 is 0 Å². The van der Waals surface area contributed by atoms with Crippen molar-refractivity contribution in [2.24, 2.45) is 26.9 Å². The largest absolute Gasteiger partial charge is 0.360 e. The van der Waals surface area contributed by atoms with Crippen LogP contribution in [0.3, 0.4) is 0 Å². The number of nitrogens with two attached hydrogens (primary N) is 1. The number of benzene rings is 8. The standard InChI is InChI=1S/2C23H19ClN6O.C23H18ClN5O.C17H15ClN2O.C7H8N4.CH4/c2*1-14(28-21-20-22(26-12-25-21)29(2)13-27-20)18-11-15-7-6-10-17(24)19(15)23(31)30(18)16-8-4-3-5-9-16;1-14(28-22-21-18(10-11-25-22)26-13-27-21)19-12-15-6-5-9-17(24)20(15)23(30)29(19)16-7-3-2-4-8-16;1-11(19)15-10-12-6-5-9-14(18)16(12)17(21)20(15)13-7-3-2-4-8-13;1-5-6-7(9-3-8-5)11(2)4-10-6;/h2*3-14H,1-2H3,(H,25,26,28);2-14H,1H3,(H,25,28)(H,26,27);2-11H,19H2,1H3;3-4H,1-2H3;1H4/t3*14-;11-;;/m0000../s1. The summed E-state index contributed by atoms with van der Waals surface area (Å²) < 4.78 is 12.3. The predicted octanol–water partition coefficient (Wildman–Crippen LogP) is 19.0. The number of aromatic amines is 1. The highest BCUT2D eigenvalue weighted by Gasteiger charge is 2.25. The van der Waals surface area contributed by atoms with Gasteiger partial charge in [-0.3, -0.25) is 37.4 Å². The van der Waals surface area contributed by atoms with Gasteiger partial charge in [-0.1, -0.05) is 175 Å². The van der Waals surface area contributed by atoms with Crippen LogP contribution in [-0.4, -0.2) is 91.8 Å². The van der Waals surface area contributed by atoms with Crippen LogP contribution in [0.25, 0.3) is 110 Å². The second kappa shape index (κ2) is 37.0. The van der Waals surface area contributed by atoms with Gasteiger partial charge in [0.15, 0.2) is 34.4 Å². The topological polar surface area (TPSA) is 322 Å². The number of anilines is 3. The van der Waals surface area contributed by atoms with Crippen molar-refractivity contribution in [3.05, 3.63) is 365 Å². The Hall–Kier alpha value is -14.6. The van der Waals surface area contributed by atoms with Gasteiger partial charge in [0, 0.05) is 78.9 Å². The molecule has 0 saturated carbocycles. The summed E-state index contributed by atoms with van der Waals surface area (Å²) in [4.78, 5) is 104. The minimum absolute atomic E-state index is 0. The molecule has 0 fully saturated rings. The predicted molar refractivity (Wildman–Crippen MR) is 501 cm³/mol. The van der Waals surface area contributed by atoms with Crippen molar-refractivity contribution >= 4 is 151 Å². The van der Waals surface area contributed by atoms with E-state index in [1.54, 1.807) is 80.4 Å². The van der Waals surface area contributed by atoms with E-state index in [2.05, 4.69) is 75.8 Å². The van der Waals surface area contributed by atoms with Gasteiger partial charge in [0.25, 0.3) is 22.2 Å². The van der Waals surface area contributed by atoms with E-state index in [9.17, 15) is 19.2 Å². The van der Waals surface area contributed by atoms with Gasteiger partial charge in [0.05, 0.1) is 96.3 Å². The molecule has 0 bridgehead atoms. The molecule has 8 aromatic carbocycles. The van der Waals surface area contributed by atoms with E-state index < -0.39 is 0 Å². The number of imidazole rings is 4. The molecule has 125 heavy (non-hydrogen) atoms. The number of halogens is 4. The number of para-hydroxylation sites is 4. The lowest BCUT2D eigenvalue weighted by molar-refractivity contribution is 0.734.